The predicted molar refractivity (Wildman–Crippen MR) is 228 cm³/mol. The molecule has 0 atom stereocenters. The highest BCUT2D eigenvalue weighted by atomic mass is 16.3. The zero-order valence-corrected chi connectivity index (χ0v) is 29.6. The van der Waals surface area contributed by atoms with Crippen molar-refractivity contribution in [2.45, 2.75) is 0 Å². The number of hydrogen-bond acceptors (Lipinski definition) is 4. The maximum atomic E-state index is 6.71. The summed E-state index contributed by atoms with van der Waals surface area (Å²) in [6, 6.07) is 55.4. The van der Waals surface area contributed by atoms with Gasteiger partial charge in [-0.25, -0.2) is 9.97 Å². The highest BCUT2D eigenvalue weighted by molar-refractivity contribution is 6.42. The Morgan fingerprint density at radius 1 is 0.339 bits per heavy atom. The second-order valence-electron chi connectivity index (χ2n) is 14.8. The van der Waals surface area contributed by atoms with Crippen molar-refractivity contribution < 1.29 is 8.83 Å². The van der Waals surface area contributed by atoms with Crippen molar-refractivity contribution in [2.75, 3.05) is 0 Å². The SMILES string of the molecule is c1ccc(-n2c3cccc4c5cccc6oc7ccc8c(c7c65)c5c(c43)c2ccc5n8-c2nc3ccccc3nc2-c2cccc3oc4ccccc4c23)cc1. The minimum absolute atomic E-state index is 0.763. The fourth-order valence-corrected chi connectivity index (χ4v) is 9.88. The van der Waals surface area contributed by atoms with E-state index in [0.29, 0.717) is 0 Å². The molecule has 56 heavy (non-hydrogen) atoms. The first kappa shape index (κ1) is 28.8. The minimum atomic E-state index is 0.763. The average Bonchev–Trinajstić information content (AvgIpc) is 4.00. The van der Waals surface area contributed by atoms with E-state index in [0.717, 1.165) is 105 Å². The second kappa shape index (κ2) is 10.1. The Balaban J connectivity index is 1.25. The van der Waals surface area contributed by atoms with Crippen molar-refractivity contribution in [1.82, 2.24) is 19.1 Å². The molecular weight excluding hydrogens is 689 g/mol. The van der Waals surface area contributed by atoms with Crippen LogP contribution in [0.1, 0.15) is 0 Å². The summed E-state index contributed by atoms with van der Waals surface area (Å²) in [5.74, 6) is 0.763. The molecule has 6 heteroatoms. The summed E-state index contributed by atoms with van der Waals surface area (Å²) in [5.41, 5.74) is 12.4. The minimum Gasteiger partial charge on any atom is -0.456 e. The number of aromatic nitrogens is 4. The van der Waals surface area contributed by atoms with Crippen LogP contribution in [0.25, 0.3) is 132 Å². The largest absolute Gasteiger partial charge is 0.456 e. The Hall–Kier alpha value is -7.70. The van der Waals surface area contributed by atoms with E-state index >= 15 is 0 Å². The van der Waals surface area contributed by atoms with E-state index in [1.807, 2.05) is 36.4 Å². The smallest absolute Gasteiger partial charge is 0.165 e. The van der Waals surface area contributed by atoms with Crippen molar-refractivity contribution in [3.8, 4) is 22.8 Å². The highest BCUT2D eigenvalue weighted by Crippen LogP contribution is 2.51. The van der Waals surface area contributed by atoms with Crippen LogP contribution in [-0.2, 0) is 0 Å². The summed E-state index contributed by atoms with van der Waals surface area (Å²) in [5, 5.41) is 11.5. The molecule has 0 saturated heterocycles. The van der Waals surface area contributed by atoms with Crippen LogP contribution in [0.2, 0.25) is 0 Å². The first-order valence-electron chi connectivity index (χ1n) is 18.9. The third-order valence-electron chi connectivity index (χ3n) is 12.0. The lowest BCUT2D eigenvalue weighted by atomic mass is 9.95. The summed E-state index contributed by atoms with van der Waals surface area (Å²) in [4.78, 5) is 11.0. The topological polar surface area (TPSA) is 61.9 Å². The van der Waals surface area contributed by atoms with Crippen molar-refractivity contribution >= 4 is 109 Å². The van der Waals surface area contributed by atoms with Gasteiger partial charge >= 0.3 is 0 Å². The molecule has 0 N–H and O–H groups in total. The average molecular weight is 715 g/mol. The summed E-state index contributed by atoms with van der Waals surface area (Å²) >= 11 is 0. The van der Waals surface area contributed by atoms with Crippen LogP contribution in [0.15, 0.2) is 167 Å². The van der Waals surface area contributed by atoms with Crippen molar-refractivity contribution in [2.24, 2.45) is 0 Å². The Morgan fingerprint density at radius 2 is 0.893 bits per heavy atom. The molecule has 0 radical (unpaired) electrons. The summed E-state index contributed by atoms with van der Waals surface area (Å²) < 4.78 is 17.9. The second-order valence-corrected chi connectivity index (χ2v) is 14.8. The van der Waals surface area contributed by atoms with Gasteiger partial charge in [0.1, 0.15) is 28.0 Å². The molecule has 5 aromatic heterocycles. The highest BCUT2D eigenvalue weighted by Gasteiger charge is 2.29. The van der Waals surface area contributed by atoms with Gasteiger partial charge < -0.3 is 13.4 Å². The molecule has 0 saturated carbocycles. The zero-order valence-electron chi connectivity index (χ0n) is 29.6. The molecule has 0 spiro atoms. The molecular formula is C50H26N4O2. The fraction of sp³-hybridized carbons (Fsp3) is 0. The number of fused-ring (bicyclic) bond motifs is 5. The number of para-hydroxylation sites is 4. The van der Waals surface area contributed by atoms with E-state index in [2.05, 4.69) is 130 Å². The zero-order chi connectivity index (χ0) is 36.2. The van der Waals surface area contributed by atoms with Gasteiger partial charge in [0.05, 0.1) is 33.1 Å². The lowest BCUT2D eigenvalue weighted by molar-refractivity contribution is 0.668. The number of benzene rings is 8. The van der Waals surface area contributed by atoms with E-state index in [-0.39, 0.29) is 0 Å². The van der Waals surface area contributed by atoms with Crippen molar-refractivity contribution in [3.05, 3.63) is 158 Å². The Bertz CT molecular complexity index is 3940. The Labute approximate surface area is 316 Å². The number of nitrogens with zero attached hydrogens (tertiary/aromatic N) is 4. The Kier molecular flexibility index (Phi) is 5.18. The normalized spacial score (nSPS) is 12.6. The summed E-state index contributed by atoms with van der Waals surface area (Å²) in [7, 11) is 0. The van der Waals surface area contributed by atoms with Gasteiger partial charge in [-0.1, -0.05) is 84.9 Å². The van der Waals surface area contributed by atoms with E-state index in [1.165, 1.54) is 26.9 Å². The maximum absolute atomic E-state index is 6.71. The van der Waals surface area contributed by atoms with Crippen LogP contribution in [0.5, 0.6) is 0 Å². The standard InChI is InChI=1S/C50H26N4O2/c1-2-11-27(12-3-1)53-34-19-8-14-28-29-15-9-22-40-44(29)48-41(56-40)26-25-37-47(48)46-36(24-23-35(53)45(46)43(28)34)54(37)50-49(51-32-17-5-6-18-33(32)52-50)31-16-10-21-39-42(31)30-13-4-7-20-38(30)55-39/h1-26H. The van der Waals surface area contributed by atoms with Gasteiger partial charge in [-0.05, 0) is 83.6 Å². The first-order chi connectivity index (χ1) is 27.8. The number of rotatable bonds is 3. The van der Waals surface area contributed by atoms with Gasteiger partial charge in [0.15, 0.2) is 5.82 Å². The van der Waals surface area contributed by atoms with E-state index < -0.39 is 0 Å². The van der Waals surface area contributed by atoms with Gasteiger partial charge in [0.2, 0.25) is 0 Å². The molecule has 5 heterocycles. The van der Waals surface area contributed by atoms with Crippen LogP contribution < -0.4 is 0 Å². The molecule has 0 bridgehead atoms. The van der Waals surface area contributed by atoms with Gasteiger partial charge in [-0.2, -0.15) is 0 Å². The molecule has 14 rings (SSSR count). The third-order valence-corrected chi connectivity index (χ3v) is 12.0. The molecule has 14 aromatic rings. The van der Waals surface area contributed by atoms with Crippen LogP contribution >= 0.6 is 0 Å². The van der Waals surface area contributed by atoms with Gasteiger partial charge in [-0.15, -0.1) is 0 Å². The molecule has 0 unspecified atom stereocenters. The van der Waals surface area contributed by atoms with Crippen molar-refractivity contribution in [3.63, 3.8) is 0 Å². The first-order valence-corrected chi connectivity index (χ1v) is 18.9. The molecule has 0 aliphatic carbocycles. The van der Waals surface area contributed by atoms with Crippen molar-refractivity contribution in [1.29, 1.82) is 0 Å². The molecule has 0 aliphatic heterocycles. The molecule has 0 fully saturated rings. The third kappa shape index (κ3) is 3.44. The number of hydrogen-bond donors (Lipinski definition) is 0. The Morgan fingerprint density at radius 3 is 1.75 bits per heavy atom. The summed E-state index contributed by atoms with van der Waals surface area (Å²) in [6.07, 6.45) is 0. The van der Waals surface area contributed by atoms with E-state index in [9.17, 15) is 0 Å². The fourth-order valence-electron chi connectivity index (χ4n) is 9.88. The van der Waals surface area contributed by atoms with E-state index in [4.69, 9.17) is 18.8 Å². The molecule has 6 nitrogen and oxygen atoms in total. The predicted octanol–water partition coefficient (Wildman–Crippen LogP) is 13.3. The summed E-state index contributed by atoms with van der Waals surface area (Å²) in [6.45, 7) is 0. The van der Waals surface area contributed by atoms with Gasteiger partial charge in [-0.3, -0.25) is 4.57 Å². The van der Waals surface area contributed by atoms with Crippen LogP contribution in [-0.4, -0.2) is 19.1 Å². The molecule has 0 aliphatic rings. The van der Waals surface area contributed by atoms with Gasteiger partial charge in [0.25, 0.3) is 0 Å². The van der Waals surface area contributed by atoms with Crippen LogP contribution in [0, 0.1) is 0 Å². The molecule has 9 aromatic carbocycles. The monoisotopic (exact) mass is 714 g/mol. The van der Waals surface area contributed by atoms with Crippen LogP contribution in [0.3, 0.4) is 0 Å². The van der Waals surface area contributed by atoms with Crippen LogP contribution in [0.4, 0.5) is 0 Å². The van der Waals surface area contributed by atoms with Gasteiger partial charge in [0, 0.05) is 54.3 Å². The van der Waals surface area contributed by atoms with E-state index in [1.54, 1.807) is 0 Å². The lowest BCUT2D eigenvalue weighted by Crippen LogP contribution is -2.04. The lowest BCUT2D eigenvalue weighted by Gasteiger charge is -2.14. The quantitative estimate of drug-likeness (QED) is 0.183. The maximum Gasteiger partial charge on any atom is 0.165 e. The number of furan rings is 2. The molecule has 258 valence electrons. The molecule has 0 amide bonds.